The lowest BCUT2D eigenvalue weighted by atomic mass is 9.96. The number of aromatic nitrogens is 3. The molecule has 0 bridgehead atoms. The number of hydrogen-bond donors (Lipinski definition) is 1. The highest BCUT2D eigenvalue weighted by molar-refractivity contribution is 8.01. The minimum absolute atomic E-state index is 0.0839. The van der Waals surface area contributed by atoms with E-state index in [1.165, 1.54) is 34.5 Å². The van der Waals surface area contributed by atoms with Crippen LogP contribution in [0.2, 0.25) is 0 Å². The number of rotatable bonds is 4. The predicted molar refractivity (Wildman–Crippen MR) is 72.7 cm³/mol. The first kappa shape index (κ1) is 14.1. The number of Topliss-reactive ketones (excluding diaryl/α,β-unsaturated/α-hetero) is 1. The number of amides is 1. The summed E-state index contributed by atoms with van der Waals surface area (Å²) in [6.07, 6.45) is 1.88. The van der Waals surface area contributed by atoms with E-state index in [1.54, 1.807) is 6.92 Å². The molecule has 2 saturated heterocycles. The van der Waals surface area contributed by atoms with Crippen molar-refractivity contribution in [2.45, 2.75) is 43.0 Å². The summed E-state index contributed by atoms with van der Waals surface area (Å²) in [5.41, 5.74) is 0.243. The Morgan fingerprint density at radius 3 is 2.81 bits per heavy atom. The van der Waals surface area contributed by atoms with Gasteiger partial charge in [-0.25, -0.2) is 4.79 Å². The van der Waals surface area contributed by atoms with Gasteiger partial charge in [0.2, 0.25) is 5.91 Å². The normalized spacial score (nSPS) is 31.0. The Kier molecular flexibility index (Phi) is 3.05. The third-order valence-corrected chi connectivity index (χ3v) is 5.38. The standard InChI is InChI=1S/C12H14N4O4S/c1-6(17)7-4-15(14-13-7)5-12(2)10(11(19)20)16-8(18)3-9(16)21-12/h4,9-10H,3,5H2,1-2H3,(H,19,20). The second-order valence-corrected chi connectivity index (χ2v) is 7.20. The van der Waals surface area contributed by atoms with Crippen molar-refractivity contribution in [3.05, 3.63) is 11.9 Å². The lowest BCUT2D eigenvalue weighted by Gasteiger charge is -2.36. The Hall–Kier alpha value is -1.90. The van der Waals surface area contributed by atoms with Crippen LogP contribution in [0.3, 0.4) is 0 Å². The zero-order valence-electron chi connectivity index (χ0n) is 11.5. The van der Waals surface area contributed by atoms with Crippen LogP contribution < -0.4 is 0 Å². The number of nitrogens with zero attached hydrogens (tertiary/aromatic N) is 4. The second kappa shape index (κ2) is 4.55. The molecule has 112 valence electrons. The maximum Gasteiger partial charge on any atom is 0.327 e. The molecule has 0 aliphatic carbocycles. The molecule has 1 N–H and O–H groups in total. The molecule has 21 heavy (non-hydrogen) atoms. The Morgan fingerprint density at radius 2 is 2.29 bits per heavy atom. The van der Waals surface area contributed by atoms with E-state index in [-0.39, 0.29) is 29.3 Å². The smallest absolute Gasteiger partial charge is 0.327 e. The van der Waals surface area contributed by atoms with Gasteiger partial charge in [-0.1, -0.05) is 5.21 Å². The molecule has 2 fully saturated rings. The van der Waals surface area contributed by atoms with Crippen molar-refractivity contribution in [1.29, 1.82) is 0 Å². The molecular formula is C12H14N4O4S. The van der Waals surface area contributed by atoms with Gasteiger partial charge in [-0.2, -0.15) is 0 Å². The highest BCUT2D eigenvalue weighted by Gasteiger charge is 2.60. The summed E-state index contributed by atoms with van der Waals surface area (Å²) in [5, 5.41) is 17.0. The number of β-lactam (4-membered cyclic amide) rings is 1. The molecule has 1 amide bonds. The Balaban J connectivity index is 1.86. The van der Waals surface area contributed by atoms with Crippen LogP contribution in [-0.2, 0) is 16.1 Å². The van der Waals surface area contributed by atoms with Crippen molar-refractivity contribution in [1.82, 2.24) is 19.9 Å². The summed E-state index contributed by atoms with van der Waals surface area (Å²) in [7, 11) is 0. The minimum atomic E-state index is -1.02. The maximum atomic E-state index is 11.6. The van der Waals surface area contributed by atoms with Gasteiger partial charge >= 0.3 is 5.97 Å². The van der Waals surface area contributed by atoms with Crippen molar-refractivity contribution < 1.29 is 19.5 Å². The Bertz CT molecular complexity index is 645. The Morgan fingerprint density at radius 1 is 1.57 bits per heavy atom. The summed E-state index contributed by atoms with van der Waals surface area (Å²) >= 11 is 1.47. The first-order valence-electron chi connectivity index (χ1n) is 6.45. The van der Waals surface area contributed by atoms with Crippen molar-refractivity contribution in [2.24, 2.45) is 0 Å². The number of aliphatic carboxylic acids is 1. The number of thioether (sulfide) groups is 1. The topological polar surface area (TPSA) is 105 Å². The summed E-state index contributed by atoms with van der Waals surface area (Å²) in [6, 6.07) is -0.890. The number of fused-ring (bicyclic) bond motifs is 1. The fourth-order valence-electron chi connectivity index (χ4n) is 2.84. The van der Waals surface area contributed by atoms with Crippen LogP contribution in [0.4, 0.5) is 0 Å². The molecule has 9 heteroatoms. The van der Waals surface area contributed by atoms with E-state index in [2.05, 4.69) is 10.3 Å². The zero-order chi connectivity index (χ0) is 15.4. The van der Waals surface area contributed by atoms with Crippen LogP contribution >= 0.6 is 11.8 Å². The van der Waals surface area contributed by atoms with Gasteiger partial charge in [-0.15, -0.1) is 16.9 Å². The highest BCUT2D eigenvalue weighted by Crippen LogP contribution is 2.51. The number of hydrogen-bond acceptors (Lipinski definition) is 6. The quantitative estimate of drug-likeness (QED) is 0.616. The van der Waals surface area contributed by atoms with E-state index in [4.69, 9.17) is 0 Å². The predicted octanol–water partition coefficient (Wildman–Crippen LogP) is -0.00220. The van der Waals surface area contributed by atoms with Gasteiger partial charge in [0.1, 0.15) is 11.7 Å². The molecule has 1 aromatic rings. The number of carboxylic acid groups (broad SMARTS) is 1. The van der Waals surface area contributed by atoms with E-state index >= 15 is 0 Å². The number of ketones is 1. The van der Waals surface area contributed by atoms with Crippen LogP contribution in [-0.4, -0.2) is 58.8 Å². The van der Waals surface area contributed by atoms with Gasteiger partial charge in [0.05, 0.1) is 29.3 Å². The van der Waals surface area contributed by atoms with Gasteiger partial charge in [-0.05, 0) is 6.92 Å². The van der Waals surface area contributed by atoms with Crippen LogP contribution in [0.25, 0.3) is 0 Å². The van der Waals surface area contributed by atoms with Crippen LogP contribution in [0.1, 0.15) is 30.8 Å². The first-order valence-corrected chi connectivity index (χ1v) is 7.32. The molecule has 0 saturated carbocycles. The second-order valence-electron chi connectivity index (χ2n) is 5.49. The van der Waals surface area contributed by atoms with E-state index in [0.717, 1.165) is 0 Å². The number of carbonyl (C=O) groups is 3. The summed E-state index contributed by atoms with van der Waals surface area (Å²) in [5.74, 6) is -1.35. The largest absolute Gasteiger partial charge is 0.480 e. The lowest BCUT2D eigenvalue weighted by molar-refractivity contribution is -0.157. The SMILES string of the molecule is CC(=O)c1cn(CC2(C)SC3CC(=O)N3C2C(=O)O)nn1. The molecule has 3 rings (SSSR count). The third kappa shape index (κ3) is 2.11. The van der Waals surface area contributed by atoms with Crippen molar-refractivity contribution in [2.75, 3.05) is 0 Å². The summed E-state index contributed by atoms with van der Waals surface area (Å²) in [4.78, 5) is 35.8. The molecule has 2 aliphatic heterocycles. The van der Waals surface area contributed by atoms with Crippen LogP contribution in [0, 0.1) is 0 Å². The van der Waals surface area contributed by atoms with Crippen molar-refractivity contribution in [3.63, 3.8) is 0 Å². The molecule has 1 aromatic heterocycles. The van der Waals surface area contributed by atoms with Gasteiger partial charge in [0.15, 0.2) is 5.78 Å². The number of carbonyl (C=O) groups excluding carboxylic acids is 2. The van der Waals surface area contributed by atoms with Gasteiger partial charge in [-0.3, -0.25) is 14.3 Å². The van der Waals surface area contributed by atoms with Crippen molar-refractivity contribution >= 4 is 29.4 Å². The van der Waals surface area contributed by atoms with E-state index in [9.17, 15) is 19.5 Å². The summed E-state index contributed by atoms with van der Waals surface area (Å²) < 4.78 is 0.764. The molecule has 8 nitrogen and oxygen atoms in total. The molecular weight excluding hydrogens is 296 g/mol. The highest BCUT2D eigenvalue weighted by atomic mass is 32.2. The molecule has 3 unspecified atom stereocenters. The average Bonchev–Trinajstić information content (AvgIpc) is 2.91. The minimum Gasteiger partial charge on any atom is -0.480 e. The van der Waals surface area contributed by atoms with Crippen LogP contribution in [0.5, 0.6) is 0 Å². The summed E-state index contributed by atoms with van der Waals surface area (Å²) in [6.45, 7) is 3.47. The van der Waals surface area contributed by atoms with E-state index in [1.807, 2.05) is 0 Å². The fraction of sp³-hybridized carbons (Fsp3) is 0.583. The van der Waals surface area contributed by atoms with Gasteiger partial charge in [0.25, 0.3) is 0 Å². The maximum absolute atomic E-state index is 11.6. The lowest BCUT2D eigenvalue weighted by Crippen LogP contribution is -2.58. The molecule has 3 atom stereocenters. The molecule has 0 aromatic carbocycles. The molecule has 3 heterocycles. The fourth-order valence-corrected chi connectivity index (χ4v) is 4.59. The molecule has 0 spiro atoms. The monoisotopic (exact) mass is 310 g/mol. The average molecular weight is 310 g/mol. The van der Waals surface area contributed by atoms with Crippen LogP contribution in [0.15, 0.2) is 6.20 Å². The Labute approximate surface area is 124 Å². The van der Waals surface area contributed by atoms with E-state index < -0.39 is 16.8 Å². The zero-order valence-corrected chi connectivity index (χ0v) is 12.3. The van der Waals surface area contributed by atoms with Gasteiger partial charge in [0, 0.05) is 6.92 Å². The van der Waals surface area contributed by atoms with Crippen molar-refractivity contribution in [3.8, 4) is 0 Å². The molecule has 0 radical (unpaired) electrons. The number of carboxylic acids is 1. The third-order valence-electron chi connectivity index (χ3n) is 3.82. The molecule has 2 aliphatic rings. The first-order chi connectivity index (χ1) is 9.82. The van der Waals surface area contributed by atoms with E-state index in [0.29, 0.717) is 6.42 Å². The van der Waals surface area contributed by atoms with Gasteiger partial charge < -0.3 is 10.0 Å².